The van der Waals surface area contributed by atoms with E-state index in [-0.39, 0.29) is 5.91 Å². The van der Waals surface area contributed by atoms with Gasteiger partial charge in [0.2, 0.25) is 0 Å². The van der Waals surface area contributed by atoms with Crippen LogP contribution in [0.1, 0.15) is 35.3 Å². The average Bonchev–Trinajstić information content (AvgIpc) is 2.78. The number of carbonyl (C=O) groups is 2. The molecule has 0 fully saturated rings. The molecule has 0 atom stereocenters. The zero-order chi connectivity index (χ0) is 21.7. The number of rotatable bonds is 4. The van der Waals surface area contributed by atoms with Crippen molar-refractivity contribution in [3.63, 3.8) is 0 Å². The molecule has 1 aliphatic rings. The van der Waals surface area contributed by atoms with Gasteiger partial charge in [0.1, 0.15) is 17.8 Å². The number of fused-ring (bicyclic) bond motifs is 2. The first-order valence-corrected chi connectivity index (χ1v) is 9.78. The lowest BCUT2D eigenvalue weighted by atomic mass is 9.97. The van der Waals surface area contributed by atoms with Crippen molar-refractivity contribution >= 4 is 28.8 Å². The molecule has 3 aromatic rings. The number of nitrogens with zero attached hydrogens (tertiary/aromatic N) is 3. The second kappa shape index (κ2) is 9.35. The molecule has 0 radical (unpaired) electrons. The Morgan fingerprint density at radius 3 is 2.60 bits per heavy atom. The van der Waals surface area contributed by atoms with E-state index in [1.165, 1.54) is 6.92 Å². The van der Waals surface area contributed by atoms with Crippen molar-refractivity contribution in [3.05, 3.63) is 53.2 Å². The fourth-order valence-electron chi connectivity index (χ4n) is 3.60. The van der Waals surface area contributed by atoms with E-state index in [4.69, 9.17) is 14.3 Å². The van der Waals surface area contributed by atoms with Crippen LogP contribution in [0, 0.1) is 0 Å². The Hall–Kier alpha value is -3.48. The number of benzene rings is 2. The van der Waals surface area contributed by atoms with Crippen molar-refractivity contribution in [2.75, 3.05) is 25.7 Å². The van der Waals surface area contributed by atoms with Gasteiger partial charge in [0, 0.05) is 17.5 Å². The fraction of sp³-hybridized carbons (Fsp3) is 0.304. The molecule has 0 N–H and O–H groups in total. The average molecular weight is 407 g/mol. The third-order valence-electron chi connectivity index (χ3n) is 5.09. The minimum Gasteiger partial charge on any atom is -0.497 e. The summed E-state index contributed by atoms with van der Waals surface area (Å²) in [4.78, 5) is 23.8. The Balaban J connectivity index is 0.000000806. The van der Waals surface area contributed by atoms with E-state index < -0.39 is 0 Å². The quantitative estimate of drug-likeness (QED) is 0.615. The Labute approximate surface area is 175 Å². The van der Waals surface area contributed by atoms with Gasteiger partial charge >= 0.3 is 0 Å². The molecule has 2 aromatic carbocycles. The van der Waals surface area contributed by atoms with Gasteiger partial charge in [0.15, 0.2) is 0 Å². The van der Waals surface area contributed by atoms with Gasteiger partial charge in [0.05, 0.1) is 31.6 Å². The van der Waals surface area contributed by atoms with Crippen molar-refractivity contribution in [1.82, 2.24) is 10.2 Å². The summed E-state index contributed by atoms with van der Waals surface area (Å²) in [5.41, 5.74) is 4.28. The number of methoxy groups -OCH3 is 2. The number of amides is 1. The highest BCUT2D eigenvalue weighted by Crippen LogP contribution is 2.34. The lowest BCUT2D eigenvalue weighted by Gasteiger charge is -2.29. The largest absolute Gasteiger partial charge is 0.497 e. The van der Waals surface area contributed by atoms with E-state index in [0.717, 1.165) is 52.6 Å². The van der Waals surface area contributed by atoms with Crippen LogP contribution in [-0.2, 0) is 17.6 Å². The molecule has 0 spiro atoms. The topological polar surface area (TPSA) is 81.6 Å². The maximum absolute atomic E-state index is 13.2. The van der Waals surface area contributed by atoms with Crippen molar-refractivity contribution in [1.29, 1.82) is 0 Å². The standard InChI is InChI=1S/C21H21N3O3.C2H4O/c1-4-13-9-18-17(11-20(13)27-3)19(12-22-23-18)24-8-7-14-5-6-15(26-2)10-16(14)21(24)25;1-2-3/h5-6,9-12H,4,7-8H2,1-3H3;2H,1H3. The lowest BCUT2D eigenvalue weighted by molar-refractivity contribution is -0.106. The number of carbonyl (C=O) groups excluding carboxylic acids is 2. The van der Waals surface area contributed by atoms with Crippen LogP contribution in [0.15, 0.2) is 36.5 Å². The second-order valence-corrected chi connectivity index (χ2v) is 6.73. The maximum Gasteiger partial charge on any atom is 0.258 e. The molecular weight excluding hydrogens is 382 g/mol. The van der Waals surface area contributed by atoms with E-state index >= 15 is 0 Å². The fourth-order valence-corrected chi connectivity index (χ4v) is 3.60. The predicted octanol–water partition coefficient (Wildman–Crippen LogP) is 3.62. The number of aromatic nitrogens is 2. The van der Waals surface area contributed by atoms with Crippen LogP contribution in [-0.4, -0.2) is 43.2 Å². The molecule has 1 aliphatic heterocycles. The summed E-state index contributed by atoms with van der Waals surface area (Å²) < 4.78 is 10.8. The molecule has 7 heteroatoms. The van der Waals surface area contributed by atoms with Gasteiger partial charge in [0.25, 0.3) is 5.91 Å². The number of ether oxygens (including phenoxy) is 2. The Kier molecular flexibility index (Phi) is 6.61. The molecule has 1 aromatic heterocycles. The number of aldehydes is 1. The van der Waals surface area contributed by atoms with Gasteiger partial charge in [-0.1, -0.05) is 13.0 Å². The minimum atomic E-state index is -0.0528. The highest BCUT2D eigenvalue weighted by Gasteiger charge is 2.27. The van der Waals surface area contributed by atoms with E-state index in [9.17, 15) is 4.79 Å². The number of anilines is 1. The first-order chi connectivity index (χ1) is 14.6. The number of hydrogen-bond donors (Lipinski definition) is 0. The molecule has 2 heterocycles. The van der Waals surface area contributed by atoms with Crippen LogP contribution < -0.4 is 14.4 Å². The van der Waals surface area contributed by atoms with Crippen LogP contribution in [0.25, 0.3) is 10.9 Å². The van der Waals surface area contributed by atoms with Gasteiger partial charge in [-0.3, -0.25) is 4.79 Å². The van der Waals surface area contributed by atoms with Gasteiger partial charge in [-0.05, 0) is 55.2 Å². The van der Waals surface area contributed by atoms with E-state index in [1.54, 1.807) is 31.4 Å². The predicted molar refractivity (Wildman–Crippen MR) is 116 cm³/mol. The van der Waals surface area contributed by atoms with Gasteiger partial charge in [-0.25, -0.2) is 0 Å². The van der Waals surface area contributed by atoms with E-state index in [2.05, 4.69) is 17.1 Å². The molecule has 156 valence electrons. The van der Waals surface area contributed by atoms with Gasteiger partial charge in [-0.15, -0.1) is 0 Å². The molecule has 30 heavy (non-hydrogen) atoms. The van der Waals surface area contributed by atoms with Crippen molar-refractivity contribution in [3.8, 4) is 11.5 Å². The highest BCUT2D eigenvalue weighted by molar-refractivity contribution is 6.12. The third-order valence-corrected chi connectivity index (χ3v) is 5.09. The third kappa shape index (κ3) is 3.96. The molecular formula is C23H25N3O4. The Morgan fingerprint density at radius 2 is 1.93 bits per heavy atom. The van der Waals surface area contributed by atoms with Crippen LogP contribution in [0.3, 0.4) is 0 Å². The molecule has 0 saturated heterocycles. The Morgan fingerprint density at radius 1 is 1.17 bits per heavy atom. The summed E-state index contributed by atoms with van der Waals surface area (Å²) in [5.74, 6) is 1.42. The van der Waals surface area contributed by atoms with Crippen molar-refractivity contribution in [2.45, 2.75) is 26.7 Å². The van der Waals surface area contributed by atoms with Crippen molar-refractivity contribution < 1.29 is 19.1 Å². The van der Waals surface area contributed by atoms with Gasteiger partial charge < -0.3 is 19.2 Å². The molecule has 0 aliphatic carbocycles. The molecule has 0 bridgehead atoms. The molecule has 7 nitrogen and oxygen atoms in total. The molecule has 1 amide bonds. The number of aryl methyl sites for hydroxylation is 1. The van der Waals surface area contributed by atoms with Crippen LogP contribution in [0.2, 0.25) is 0 Å². The van der Waals surface area contributed by atoms with E-state index in [1.807, 2.05) is 24.3 Å². The highest BCUT2D eigenvalue weighted by atomic mass is 16.5. The monoisotopic (exact) mass is 407 g/mol. The second-order valence-electron chi connectivity index (χ2n) is 6.73. The first-order valence-electron chi connectivity index (χ1n) is 9.78. The maximum atomic E-state index is 13.2. The summed E-state index contributed by atoms with van der Waals surface area (Å²) in [7, 11) is 3.26. The summed E-state index contributed by atoms with van der Waals surface area (Å²) in [5, 5.41) is 9.25. The van der Waals surface area contributed by atoms with Crippen LogP contribution >= 0.6 is 0 Å². The molecule has 4 rings (SSSR count). The molecule has 0 saturated carbocycles. The van der Waals surface area contributed by atoms with Gasteiger partial charge in [-0.2, -0.15) is 10.2 Å². The van der Waals surface area contributed by atoms with Crippen LogP contribution in [0.5, 0.6) is 11.5 Å². The number of hydrogen-bond acceptors (Lipinski definition) is 6. The van der Waals surface area contributed by atoms with E-state index in [0.29, 0.717) is 17.9 Å². The summed E-state index contributed by atoms with van der Waals surface area (Å²) in [6.45, 7) is 4.11. The summed E-state index contributed by atoms with van der Waals surface area (Å²) in [6.07, 6.45) is 4.01. The Bertz CT molecular complexity index is 1080. The van der Waals surface area contributed by atoms with Crippen LogP contribution in [0.4, 0.5) is 5.69 Å². The normalized spacial score (nSPS) is 12.7. The zero-order valence-electron chi connectivity index (χ0n) is 17.6. The minimum absolute atomic E-state index is 0.0528. The zero-order valence-corrected chi connectivity index (χ0v) is 17.6. The summed E-state index contributed by atoms with van der Waals surface area (Å²) in [6, 6.07) is 9.59. The molecule has 0 unspecified atom stereocenters. The van der Waals surface area contributed by atoms with Crippen molar-refractivity contribution in [2.24, 2.45) is 0 Å². The first kappa shape index (κ1) is 21.2. The SMILES string of the molecule is CC=O.CCc1cc2nncc(N3CCc4ccc(OC)cc4C3=O)c2cc1OC. The lowest BCUT2D eigenvalue weighted by Crippen LogP contribution is -2.37. The smallest absolute Gasteiger partial charge is 0.258 e. The summed E-state index contributed by atoms with van der Waals surface area (Å²) >= 11 is 0.